The Bertz CT molecular complexity index is 511. The highest BCUT2D eigenvalue weighted by Crippen LogP contribution is 2.23. The van der Waals surface area contributed by atoms with Crippen molar-refractivity contribution in [1.29, 1.82) is 0 Å². The van der Waals surface area contributed by atoms with Crippen molar-refractivity contribution in [2.45, 2.75) is 25.3 Å². The molecule has 1 fully saturated rings. The Morgan fingerprint density at radius 2 is 2.35 bits per heavy atom. The summed E-state index contributed by atoms with van der Waals surface area (Å²) in [5.74, 6) is 0.892. The van der Waals surface area contributed by atoms with Gasteiger partial charge in [-0.2, -0.15) is 0 Å². The van der Waals surface area contributed by atoms with Crippen molar-refractivity contribution in [3.63, 3.8) is 0 Å². The smallest absolute Gasteiger partial charge is 0.123 e. The number of hydrogen-bond acceptors (Lipinski definition) is 3. The Labute approximate surface area is 102 Å². The average Bonchev–Trinajstić information content (AvgIpc) is 2.90. The maximum atomic E-state index is 7.94. The van der Waals surface area contributed by atoms with Crippen molar-refractivity contribution in [3.8, 4) is 11.3 Å². The molecule has 0 saturated carbocycles. The van der Waals surface area contributed by atoms with E-state index in [-0.39, 0.29) is 6.04 Å². The zero-order chi connectivity index (χ0) is 12.4. The summed E-state index contributed by atoms with van der Waals surface area (Å²) in [6.45, 7) is 0.827. The lowest BCUT2D eigenvalue weighted by atomic mass is 10.0. The highest BCUT2D eigenvalue weighted by molar-refractivity contribution is 5.56. The Balaban J connectivity index is 1.85. The van der Waals surface area contributed by atoms with Gasteiger partial charge in [-0.25, -0.2) is 4.98 Å². The molecule has 3 rings (SSSR count). The molecule has 0 amide bonds. The van der Waals surface area contributed by atoms with E-state index in [0.29, 0.717) is 0 Å². The van der Waals surface area contributed by atoms with Gasteiger partial charge in [0.1, 0.15) is 7.24 Å². The fraction of sp³-hybridized carbons (Fsp3) is 0.385. The molecular weight excluding hydrogens is 212 g/mol. The first-order chi connectivity index (χ1) is 8.84. The van der Waals surface area contributed by atoms with Crippen LogP contribution in [0.2, 0.25) is 1.41 Å². The predicted octanol–water partition coefficient (Wildman–Crippen LogP) is 2.29. The lowest BCUT2D eigenvalue weighted by Gasteiger charge is -2.21. The Morgan fingerprint density at radius 3 is 3.18 bits per heavy atom. The van der Waals surface area contributed by atoms with E-state index in [9.17, 15) is 0 Å². The molecule has 0 radical (unpaired) electrons. The number of aromatic amines is 1. The molecule has 2 N–H and O–H groups in total. The molecule has 0 aliphatic carbocycles. The zero-order valence-electron chi connectivity index (χ0n) is 10.6. The minimum absolute atomic E-state index is 0.101. The molecular formula is C13H16N4. The van der Waals surface area contributed by atoms with Crippen molar-refractivity contribution in [2.75, 3.05) is 6.54 Å². The maximum absolute atomic E-state index is 7.94. The van der Waals surface area contributed by atoms with Crippen molar-refractivity contribution in [1.82, 2.24) is 20.3 Å². The highest BCUT2D eigenvalue weighted by Gasteiger charge is 2.17. The Kier molecular flexibility index (Phi) is 2.57. The van der Waals surface area contributed by atoms with Gasteiger partial charge >= 0.3 is 0 Å². The predicted molar refractivity (Wildman–Crippen MR) is 66.4 cm³/mol. The van der Waals surface area contributed by atoms with Crippen LogP contribution >= 0.6 is 0 Å². The lowest BCUT2D eigenvalue weighted by Crippen LogP contribution is -2.27. The third-order valence-corrected chi connectivity index (χ3v) is 3.12. The Morgan fingerprint density at radius 1 is 1.35 bits per heavy atom. The summed E-state index contributed by atoms with van der Waals surface area (Å²) in [6.07, 6.45) is 8.68. The van der Waals surface area contributed by atoms with Gasteiger partial charge in [-0.1, -0.05) is 6.42 Å². The van der Waals surface area contributed by atoms with E-state index in [4.69, 9.17) is 1.41 Å². The van der Waals surface area contributed by atoms with Crippen LogP contribution in [0.3, 0.4) is 0 Å². The first-order valence-electron chi connectivity index (χ1n) is 6.50. The third kappa shape index (κ3) is 2.22. The second kappa shape index (κ2) is 4.67. The van der Waals surface area contributed by atoms with Gasteiger partial charge in [0.15, 0.2) is 0 Å². The van der Waals surface area contributed by atoms with Crippen molar-refractivity contribution >= 4 is 0 Å². The largest absolute Gasteiger partial charge is 0.341 e. The number of pyridine rings is 1. The molecule has 0 bridgehead atoms. The van der Waals surface area contributed by atoms with Crippen molar-refractivity contribution in [3.05, 3.63) is 36.5 Å². The third-order valence-electron chi connectivity index (χ3n) is 3.12. The topological polar surface area (TPSA) is 53.6 Å². The molecule has 4 heteroatoms. The van der Waals surface area contributed by atoms with E-state index >= 15 is 0 Å². The normalized spacial score (nSPS) is 22.4. The molecule has 1 aliphatic heterocycles. The Hall–Kier alpha value is -1.68. The molecule has 2 aromatic rings. The molecule has 4 nitrogen and oxygen atoms in total. The van der Waals surface area contributed by atoms with Gasteiger partial charge in [0.05, 0.1) is 17.9 Å². The first-order valence-corrected chi connectivity index (χ1v) is 6.05. The van der Waals surface area contributed by atoms with E-state index in [1.54, 1.807) is 11.5 Å². The zero-order valence-corrected chi connectivity index (χ0v) is 9.63. The standard InChI is InChI=1S/C13H16N4/c1-2-7-15-11(5-1)13-16-9-12(17-13)10-4-3-6-14-8-10/h3-4,6,8-9,11,15H,1-2,5,7H2,(H,16,17)/i/hD. The molecule has 0 aromatic carbocycles. The number of rotatable bonds is 2. The summed E-state index contributed by atoms with van der Waals surface area (Å²) in [6, 6.07) is 4.01. The van der Waals surface area contributed by atoms with Crippen LogP contribution in [-0.4, -0.2) is 21.5 Å². The van der Waals surface area contributed by atoms with E-state index in [2.05, 4.69) is 15.0 Å². The summed E-state index contributed by atoms with van der Waals surface area (Å²) in [5.41, 5.74) is 2.00. The van der Waals surface area contributed by atoms with Crippen LogP contribution in [0.4, 0.5) is 0 Å². The monoisotopic (exact) mass is 229 g/mol. The minimum atomic E-state index is 0.101. The number of hydrogen-bond donors (Lipinski definition) is 2. The number of nitrogens with zero attached hydrogens (tertiary/aromatic N) is 2. The van der Waals surface area contributed by atoms with Crippen LogP contribution in [0.15, 0.2) is 30.7 Å². The van der Waals surface area contributed by atoms with Crippen LogP contribution < -0.4 is 5.31 Å². The lowest BCUT2D eigenvalue weighted by molar-refractivity contribution is 0.399. The van der Waals surface area contributed by atoms with Gasteiger partial charge in [-0.3, -0.25) is 4.98 Å². The molecule has 1 unspecified atom stereocenters. The second-order valence-electron chi connectivity index (χ2n) is 4.34. The van der Waals surface area contributed by atoms with Gasteiger partial charge in [0.2, 0.25) is 0 Å². The maximum Gasteiger partial charge on any atom is 0.123 e. The molecule has 3 heterocycles. The quantitative estimate of drug-likeness (QED) is 0.830. The minimum Gasteiger partial charge on any atom is -0.341 e. The summed E-state index contributed by atoms with van der Waals surface area (Å²) in [5, 5.41) is 1.63. The molecule has 0 spiro atoms. The first kappa shape index (κ1) is 9.36. The number of aromatic nitrogens is 3. The van der Waals surface area contributed by atoms with E-state index in [1.165, 1.54) is 6.42 Å². The van der Waals surface area contributed by atoms with Gasteiger partial charge in [-0.05, 0) is 31.5 Å². The van der Waals surface area contributed by atoms with Crippen LogP contribution in [-0.2, 0) is 0 Å². The van der Waals surface area contributed by atoms with Crippen molar-refractivity contribution < 1.29 is 1.41 Å². The summed E-state index contributed by atoms with van der Waals surface area (Å²) in [7, 11) is 0. The number of imidazole rings is 1. The van der Waals surface area contributed by atoms with Gasteiger partial charge < -0.3 is 10.3 Å². The van der Waals surface area contributed by atoms with Gasteiger partial charge in [-0.15, -0.1) is 0 Å². The molecule has 88 valence electrons. The van der Waals surface area contributed by atoms with Crippen molar-refractivity contribution in [2.24, 2.45) is 0 Å². The highest BCUT2D eigenvalue weighted by atomic mass is 15.0. The van der Waals surface area contributed by atoms with E-state index in [0.717, 1.165) is 36.5 Å². The van der Waals surface area contributed by atoms with Gasteiger partial charge in [0.25, 0.3) is 0 Å². The second-order valence-corrected chi connectivity index (χ2v) is 4.34. The van der Waals surface area contributed by atoms with Crippen LogP contribution in [0.1, 0.15) is 31.1 Å². The van der Waals surface area contributed by atoms with E-state index < -0.39 is 0 Å². The summed E-state index contributed by atoms with van der Waals surface area (Å²) in [4.78, 5) is 11.8. The molecule has 1 aliphatic rings. The SMILES string of the molecule is [2H]N1CCCCC1c1ncc(-c2cccnc2)[nH]1. The number of nitrogens with one attached hydrogen (secondary N) is 2. The van der Waals surface area contributed by atoms with Gasteiger partial charge in [0, 0.05) is 18.0 Å². The summed E-state index contributed by atoms with van der Waals surface area (Å²) < 4.78 is 7.94. The van der Waals surface area contributed by atoms with Crippen LogP contribution in [0.25, 0.3) is 11.3 Å². The molecule has 2 aromatic heterocycles. The van der Waals surface area contributed by atoms with E-state index in [1.807, 2.05) is 24.5 Å². The molecule has 1 saturated heterocycles. The fourth-order valence-corrected chi connectivity index (χ4v) is 2.19. The number of H-pyrrole nitrogens is 1. The average molecular weight is 229 g/mol. The van der Waals surface area contributed by atoms with Crippen LogP contribution in [0.5, 0.6) is 0 Å². The van der Waals surface area contributed by atoms with Crippen LogP contribution in [0, 0.1) is 0 Å². The molecule has 17 heavy (non-hydrogen) atoms. The molecule has 1 atom stereocenters. The fourth-order valence-electron chi connectivity index (χ4n) is 2.19. The summed E-state index contributed by atoms with van der Waals surface area (Å²) >= 11 is 0. The number of piperidine rings is 1.